The van der Waals surface area contributed by atoms with Crippen LogP contribution < -0.4 is 0 Å². The van der Waals surface area contributed by atoms with Gasteiger partial charge in [0.25, 0.3) is 0 Å². The maximum Gasteiger partial charge on any atom is 0.242 e. The average molecular weight is 305 g/mol. The Morgan fingerprint density at radius 3 is 2.63 bits per heavy atom. The Morgan fingerprint density at radius 1 is 1.37 bits per heavy atom. The Balaban J connectivity index is 2.73. The molecule has 0 aliphatic carbocycles. The lowest BCUT2D eigenvalue weighted by Crippen LogP contribution is -2.22. The van der Waals surface area contributed by atoms with Gasteiger partial charge in [-0.2, -0.15) is 11.8 Å². The number of rotatable bonds is 7. The van der Waals surface area contributed by atoms with Crippen molar-refractivity contribution in [3.05, 3.63) is 29.8 Å². The van der Waals surface area contributed by atoms with Crippen LogP contribution in [-0.2, 0) is 15.8 Å². The molecule has 0 spiro atoms. The molecule has 2 N–H and O–H groups in total. The first kappa shape index (κ1) is 16.5. The van der Waals surface area contributed by atoms with Crippen LogP contribution in [0.3, 0.4) is 0 Å². The second-order valence-electron chi connectivity index (χ2n) is 4.29. The SMILES string of the molecule is CN(C)S(=O)(=O)c1cccc(CSCC(O)CO)c1. The molecule has 5 nitrogen and oxygen atoms in total. The molecule has 0 saturated heterocycles. The Kier molecular flexibility index (Phi) is 6.28. The van der Waals surface area contributed by atoms with Crippen LogP contribution in [0.2, 0.25) is 0 Å². The zero-order valence-electron chi connectivity index (χ0n) is 11.0. The smallest absolute Gasteiger partial charge is 0.242 e. The summed E-state index contributed by atoms with van der Waals surface area (Å²) in [6.45, 7) is -0.262. The fraction of sp³-hybridized carbons (Fsp3) is 0.500. The van der Waals surface area contributed by atoms with Gasteiger partial charge in [0.15, 0.2) is 0 Å². The number of sulfonamides is 1. The molecule has 0 radical (unpaired) electrons. The van der Waals surface area contributed by atoms with Gasteiger partial charge in [0, 0.05) is 25.6 Å². The first-order valence-electron chi connectivity index (χ1n) is 5.76. The summed E-state index contributed by atoms with van der Waals surface area (Å²) in [5.41, 5.74) is 0.873. The Morgan fingerprint density at radius 2 is 2.05 bits per heavy atom. The van der Waals surface area contributed by atoms with E-state index in [2.05, 4.69) is 0 Å². The summed E-state index contributed by atoms with van der Waals surface area (Å²) in [4.78, 5) is 0.262. The first-order valence-corrected chi connectivity index (χ1v) is 8.35. The highest BCUT2D eigenvalue weighted by Crippen LogP contribution is 2.19. The van der Waals surface area contributed by atoms with Gasteiger partial charge in [-0.3, -0.25) is 0 Å². The third-order valence-electron chi connectivity index (χ3n) is 2.47. The van der Waals surface area contributed by atoms with Crippen molar-refractivity contribution >= 4 is 21.8 Å². The molecule has 1 unspecified atom stereocenters. The Labute approximate surface area is 118 Å². The van der Waals surface area contributed by atoms with Crippen molar-refractivity contribution in [2.45, 2.75) is 16.8 Å². The highest BCUT2D eigenvalue weighted by Gasteiger charge is 2.17. The third-order valence-corrected chi connectivity index (χ3v) is 5.44. The van der Waals surface area contributed by atoms with Crippen LogP contribution in [-0.4, -0.2) is 55.5 Å². The van der Waals surface area contributed by atoms with E-state index in [0.29, 0.717) is 11.5 Å². The van der Waals surface area contributed by atoms with Crippen LogP contribution in [0.5, 0.6) is 0 Å². The van der Waals surface area contributed by atoms with Crippen LogP contribution in [0.15, 0.2) is 29.2 Å². The van der Waals surface area contributed by atoms with Crippen molar-refractivity contribution in [1.82, 2.24) is 4.31 Å². The lowest BCUT2D eigenvalue weighted by Gasteiger charge is -2.12. The minimum atomic E-state index is -3.41. The van der Waals surface area contributed by atoms with E-state index in [-0.39, 0.29) is 11.5 Å². The molecule has 1 aromatic carbocycles. The van der Waals surface area contributed by atoms with Gasteiger partial charge in [0.1, 0.15) is 0 Å². The van der Waals surface area contributed by atoms with E-state index in [0.717, 1.165) is 5.56 Å². The van der Waals surface area contributed by atoms with Crippen molar-refractivity contribution in [1.29, 1.82) is 0 Å². The zero-order chi connectivity index (χ0) is 14.5. The molecule has 108 valence electrons. The van der Waals surface area contributed by atoms with Gasteiger partial charge in [0.05, 0.1) is 17.6 Å². The number of aliphatic hydroxyl groups is 2. The molecule has 0 aliphatic rings. The quantitative estimate of drug-likeness (QED) is 0.768. The van der Waals surface area contributed by atoms with E-state index in [1.54, 1.807) is 18.2 Å². The summed E-state index contributed by atoms with van der Waals surface area (Å²) in [5, 5.41) is 17.9. The van der Waals surface area contributed by atoms with Crippen LogP contribution in [0.25, 0.3) is 0 Å². The van der Waals surface area contributed by atoms with Crippen LogP contribution in [0, 0.1) is 0 Å². The van der Waals surface area contributed by atoms with Gasteiger partial charge in [-0.05, 0) is 17.7 Å². The van der Waals surface area contributed by atoms with Crippen molar-refractivity contribution in [3.63, 3.8) is 0 Å². The fourth-order valence-electron chi connectivity index (χ4n) is 1.37. The molecule has 1 atom stereocenters. The number of aliphatic hydroxyl groups excluding tert-OH is 2. The molecule has 1 rings (SSSR count). The summed E-state index contributed by atoms with van der Waals surface area (Å²) in [6, 6.07) is 6.74. The standard InChI is InChI=1S/C12H19NO4S2/c1-13(2)19(16,17)12-5-3-4-10(6-12)8-18-9-11(15)7-14/h3-6,11,14-15H,7-9H2,1-2H3. The molecule has 0 aromatic heterocycles. The third kappa shape index (κ3) is 4.77. The maximum absolute atomic E-state index is 12.0. The fourth-order valence-corrected chi connectivity index (χ4v) is 3.26. The minimum Gasteiger partial charge on any atom is -0.394 e. The lowest BCUT2D eigenvalue weighted by atomic mass is 10.2. The second-order valence-corrected chi connectivity index (χ2v) is 7.47. The van der Waals surface area contributed by atoms with E-state index >= 15 is 0 Å². The largest absolute Gasteiger partial charge is 0.394 e. The van der Waals surface area contributed by atoms with Crippen LogP contribution in [0.4, 0.5) is 0 Å². The normalized spacial score (nSPS) is 13.7. The Hall–Kier alpha value is -0.600. The lowest BCUT2D eigenvalue weighted by molar-refractivity contribution is 0.113. The van der Waals surface area contributed by atoms with E-state index in [4.69, 9.17) is 5.11 Å². The van der Waals surface area contributed by atoms with E-state index in [1.165, 1.54) is 30.2 Å². The van der Waals surface area contributed by atoms with Gasteiger partial charge < -0.3 is 10.2 Å². The molecule has 0 saturated carbocycles. The summed E-state index contributed by atoms with van der Waals surface area (Å²) in [6.07, 6.45) is -0.737. The van der Waals surface area contributed by atoms with Gasteiger partial charge in [0.2, 0.25) is 10.0 Å². The van der Waals surface area contributed by atoms with Crippen LogP contribution in [0.1, 0.15) is 5.56 Å². The van der Waals surface area contributed by atoms with Crippen molar-refractivity contribution < 1.29 is 18.6 Å². The second kappa shape index (κ2) is 7.25. The van der Waals surface area contributed by atoms with E-state index in [1.807, 2.05) is 6.07 Å². The average Bonchev–Trinajstić information content (AvgIpc) is 2.38. The number of hydrogen-bond donors (Lipinski definition) is 2. The van der Waals surface area contributed by atoms with E-state index < -0.39 is 16.1 Å². The number of hydrogen-bond acceptors (Lipinski definition) is 5. The molecule has 1 aromatic rings. The number of nitrogens with zero attached hydrogens (tertiary/aromatic N) is 1. The maximum atomic E-state index is 12.0. The summed E-state index contributed by atoms with van der Waals surface area (Å²) >= 11 is 1.45. The zero-order valence-corrected chi connectivity index (χ0v) is 12.6. The molecule has 7 heteroatoms. The molecule has 0 bridgehead atoms. The van der Waals surface area contributed by atoms with Gasteiger partial charge in [-0.1, -0.05) is 12.1 Å². The molecule has 0 fully saturated rings. The monoisotopic (exact) mass is 305 g/mol. The van der Waals surface area contributed by atoms with Crippen molar-refractivity contribution in [3.8, 4) is 0 Å². The predicted molar refractivity (Wildman–Crippen MR) is 76.6 cm³/mol. The van der Waals surface area contributed by atoms with Gasteiger partial charge >= 0.3 is 0 Å². The molecular formula is C12H19NO4S2. The minimum absolute atomic E-state index is 0.262. The van der Waals surface area contributed by atoms with Gasteiger partial charge in [-0.25, -0.2) is 12.7 Å². The highest BCUT2D eigenvalue weighted by atomic mass is 32.2. The molecule has 0 amide bonds. The topological polar surface area (TPSA) is 77.8 Å². The molecule has 0 heterocycles. The van der Waals surface area contributed by atoms with Gasteiger partial charge in [-0.15, -0.1) is 0 Å². The van der Waals surface area contributed by atoms with E-state index in [9.17, 15) is 13.5 Å². The first-order chi connectivity index (χ1) is 8.87. The Bertz CT molecular complexity index is 502. The molecular weight excluding hydrogens is 286 g/mol. The number of thioether (sulfide) groups is 1. The van der Waals surface area contributed by atoms with Crippen molar-refractivity contribution in [2.75, 3.05) is 26.5 Å². The molecule has 0 aliphatic heterocycles. The summed E-state index contributed by atoms with van der Waals surface area (Å²) in [7, 11) is -0.422. The number of benzene rings is 1. The predicted octanol–water partition coefficient (Wildman–Crippen LogP) is 0.523. The highest BCUT2D eigenvalue weighted by molar-refractivity contribution is 7.98. The van der Waals surface area contributed by atoms with Crippen molar-refractivity contribution in [2.24, 2.45) is 0 Å². The molecule has 19 heavy (non-hydrogen) atoms. The summed E-state index contributed by atoms with van der Waals surface area (Å²) < 4.78 is 25.1. The van der Waals surface area contributed by atoms with Crippen LogP contribution >= 0.6 is 11.8 Å². The summed E-state index contributed by atoms with van der Waals surface area (Å²) in [5.74, 6) is 1.01.